The number of hydrogen-bond donors (Lipinski definition) is 1. The van der Waals surface area contributed by atoms with E-state index in [1.54, 1.807) is 18.7 Å². The first-order valence-corrected chi connectivity index (χ1v) is 4.14. The zero-order chi connectivity index (χ0) is 9.14. The molecule has 0 saturated carbocycles. The topological polar surface area (TPSA) is 43.5 Å². The molecule has 0 atom stereocenters. The average molecular weight is 171 g/mol. The van der Waals surface area contributed by atoms with Crippen LogP contribution in [0.5, 0.6) is 0 Å². The normalized spacial score (nSPS) is 17.8. The second kappa shape index (κ2) is 3.56. The van der Waals surface area contributed by atoms with Crippen molar-refractivity contribution < 1.29 is 14.5 Å². The zero-order valence-electron chi connectivity index (χ0n) is 7.58. The van der Waals surface area contributed by atoms with Crippen molar-refractivity contribution in [3.63, 3.8) is 0 Å². The molecular formula is C8H15N2O2+. The monoisotopic (exact) mass is 171 g/mol. The highest BCUT2D eigenvalue weighted by atomic mass is 16.3. The number of nitrogens with zero attached hydrogens (tertiary/aromatic N) is 2. The lowest BCUT2D eigenvalue weighted by atomic mass is 10.3. The van der Waals surface area contributed by atoms with Crippen LogP contribution in [0, 0.1) is 0 Å². The van der Waals surface area contributed by atoms with Crippen molar-refractivity contribution in [2.75, 3.05) is 26.2 Å². The lowest BCUT2D eigenvalue weighted by Crippen LogP contribution is -2.45. The number of aliphatic hydroxyl groups is 1. The SMILES string of the molecule is CC(=O)N1CC[N+](=C(C)O)CC1. The summed E-state index contributed by atoms with van der Waals surface area (Å²) in [6.07, 6.45) is 0. The number of piperazine rings is 1. The molecule has 4 heteroatoms. The van der Waals surface area contributed by atoms with Gasteiger partial charge in [-0.2, -0.15) is 4.58 Å². The molecule has 0 spiro atoms. The van der Waals surface area contributed by atoms with Gasteiger partial charge in [0.05, 0.1) is 20.0 Å². The lowest BCUT2D eigenvalue weighted by molar-refractivity contribution is -0.545. The third-order valence-corrected chi connectivity index (χ3v) is 2.18. The fourth-order valence-corrected chi connectivity index (χ4v) is 1.34. The molecule has 0 aromatic heterocycles. The molecular weight excluding hydrogens is 156 g/mol. The van der Waals surface area contributed by atoms with Gasteiger partial charge in [-0.25, -0.2) is 0 Å². The van der Waals surface area contributed by atoms with E-state index in [1.165, 1.54) is 0 Å². The summed E-state index contributed by atoms with van der Waals surface area (Å²) in [5.41, 5.74) is 0. The van der Waals surface area contributed by atoms with Gasteiger partial charge in [-0.1, -0.05) is 0 Å². The third kappa shape index (κ3) is 1.96. The van der Waals surface area contributed by atoms with E-state index in [2.05, 4.69) is 0 Å². The minimum Gasteiger partial charge on any atom is -0.464 e. The smallest absolute Gasteiger partial charge is 0.330 e. The molecule has 1 aliphatic heterocycles. The Bertz CT molecular complexity index is 209. The summed E-state index contributed by atoms with van der Waals surface area (Å²) in [6, 6.07) is 0. The molecule has 12 heavy (non-hydrogen) atoms. The van der Waals surface area contributed by atoms with Gasteiger partial charge in [-0.05, 0) is 0 Å². The van der Waals surface area contributed by atoms with E-state index in [0.717, 1.165) is 13.1 Å². The Morgan fingerprint density at radius 3 is 2.17 bits per heavy atom. The van der Waals surface area contributed by atoms with E-state index in [1.807, 2.05) is 4.58 Å². The molecule has 0 unspecified atom stereocenters. The molecule has 1 saturated heterocycles. The van der Waals surface area contributed by atoms with E-state index in [9.17, 15) is 4.79 Å². The van der Waals surface area contributed by atoms with Crippen LogP contribution in [-0.2, 0) is 4.79 Å². The van der Waals surface area contributed by atoms with Crippen molar-refractivity contribution in [3.05, 3.63) is 0 Å². The summed E-state index contributed by atoms with van der Waals surface area (Å²) in [5, 5.41) is 9.14. The van der Waals surface area contributed by atoms with Crippen LogP contribution in [0.1, 0.15) is 13.8 Å². The van der Waals surface area contributed by atoms with Gasteiger partial charge in [-0.3, -0.25) is 4.79 Å². The summed E-state index contributed by atoms with van der Waals surface area (Å²) in [5.74, 6) is 0.462. The largest absolute Gasteiger partial charge is 0.464 e. The van der Waals surface area contributed by atoms with Gasteiger partial charge < -0.3 is 10.0 Å². The average Bonchev–Trinajstić information content (AvgIpc) is 2.04. The Balaban J connectivity index is 2.51. The molecule has 1 N–H and O–H groups in total. The molecule has 1 aliphatic rings. The second-order valence-corrected chi connectivity index (χ2v) is 3.04. The van der Waals surface area contributed by atoms with Crippen LogP contribution in [0.15, 0.2) is 0 Å². The van der Waals surface area contributed by atoms with Gasteiger partial charge >= 0.3 is 5.90 Å². The first-order chi connectivity index (χ1) is 5.61. The highest BCUT2D eigenvalue weighted by Crippen LogP contribution is 1.97. The van der Waals surface area contributed by atoms with Gasteiger partial charge in [0.25, 0.3) is 0 Å². The van der Waals surface area contributed by atoms with Gasteiger partial charge in [0.15, 0.2) is 13.1 Å². The highest BCUT2D eigenvalue weighted by molar-refractivity contribution is 5.73. The zero-order valence-corrected chi connectivity index (χ0v) is 7.58. The van der Waals surface area contributed by atoms with Crippen LogP contribution >= 0.6 is 0 Å². The van der Waals surface area contributed by atoms with E-state index < -0.39 is 0 Å². The fraction of sp³-hybridized carbons (Fsp3) is 0.750. The first-order valence-electron chi connectivity index (χ1n) is 4.14. The molecule has 0 radical (unpaired) electrons. The summed E-state index contributed by atoms with van der Waals surface area (Å²) in [6.45, 7) is 6.15. The number of amides is 1. The number of hydrogen-bond acceptors (Lipinski definition) is 1. The Morgan fingerprint density at radius 1 is 1.33 bits per heavy atom. The minimum atomic E-state index is 0.116. The molecule has 1 amide bonds. The maximum atomic E-state index is 10.9. The molecule has 1 fully saturated rings. The van der Waals surface area contributed by atoms with Crippen molar-refractivity contribution in [3.8, 4) is 0 Å². The highest BCUT2D eigenvalue weighted by Gasteiger charge is 2.21. The predicted octanol–water partition coefficient (Wildman–Crippen LogP) is -0.163. The van der Waals surface area contributed by atoms with Crippen molar-refractivity contribution in [2.24, 2.45) is 0 Å². The van der Waals surface area contributed by atoms with E-state index in [4.69, 9.17) is 5.11 Å². The third-order valence-electron chi connectivity index (χ3n) is 2.18. The first kappa shape index (κ1) is 9.03. The van der Waals surface area contributed by atoms with E-state index in [0.29, 0.717) is 19.0 Å². The summed E-state index contributed by atoms with van der Waals surface area (Å²) >= 11 is 0. The number of aliphatic hydroxyl groups excluding tert-OH is 1. The standard InChI is InChI=1S/C8H14N2O2/c1-7(11)9-3-5-10(6-4-9)8(2)12/h3-6H2,1-2H3/p+1. The van der Waals surface area contributed by atoms with Crippen LogP contribution in [0.4, 0.5) is 0 Å². The lowest BCUT2D eigenvalue weighted by Gasteiger charge is -2.23. The Labute approximate surface area is 72.1 Å². The Kier molecular flexibility index (Phi) is 2.68. The van der Waals surface area contributed by atoms with E-state index >= 15 is 0 Å². The molecule has 0 aliphatic carbocycles. The number of carbonyl (C=O) groups excluding carboxylic acids is 1. The summed E-state index contributed by atoms with van der Waals surface area (Å²) < 4.78 is 1.87. The summed E-state index contributed by atoms with van der Waals surface area (Å²) in [4.78, 5) is 12.7. The molecule has 4 nitrogen and oxygen atoms in total. The fourth-order valence-electron chi connectivity index (χ4n) is 1.34. The van der Waals surface area contributed by atoms with Gasteiger partial charge in [0.1, 0.15) is 0 Å². The Morgan fingerprint density at radius 2 is 1.83 bits per heavy atom. The molecule has 0 bridgehead atoms. The van der Waals surface area contributed by atoms with Crippen LogP contribution in [-0.4, -0.2) is 52.6 Å². The van der Waals surface area contributed by atoms with Crippen LogP contribution in [0.25, 0.3) is 0 Å². The maximum Gasteiger partial charge on any atom is 0.330 e. The van der Waals surface area contributed by atoms with Crippen LogP contribution in [0.3, 0.4) is 0 Å². The molecule has 68 valence electrons. The molecule has 1 heterocycles. The molecule has 0 aromatic carbocycles. The van der Waals surface area contributed by atoms with Crippen LogP contribution in [0.2, 0.25) is 0 Å². The van der Waals surface area contributed by atoms with Gasteiger partial charge in [0.2, 0.25) is 5.91 Å². The van der Waals surface area contributed by atoms with E-state index in [-0.39, 0.29) is 5.91 Å². The van der Waals surface area contributed by atoms with Crippen molar-refractivity contribution in [1.29, 1.82) is 0 Å². The molecule has 0 aromatic rings. The molecule has 1 rings (SSSR count). The maximum absolute atomic E-state index is 10.9. The van der Waals surface area contributed by atoms with Gasteiger partial charge in [-0.15, -0.1) is 0 Å². The second-order valence-electron chi connectivity index (χ2n) is 3.04. The van der Waals surface area contributed by atoms with Crippen molar-refractivity contribution in [2.45, 2.75) is 13.8 Å². The minimum absolute atomic E-state index is 0.116. The predicted molar refractivity (Wildman–Crippen MR) is 45.6 cm³/mol. The Hall–Kier alpha value is -1.06. The van der Waals surface area contributed by atoms with Gasteiger partial charge in [0, 0.05) is 6.92 Å². The van der Waals surface area contributed by atoms with Crippen molar-refractivity contribution >= 4 is 11.8 Å². The van der Waals surface area contributed by atoms with Crippen molar-refractivity contribution in [1.82, 2.24) is 4.90 Å². The van der Waals surface area contributed by atoms with Crippen LogP contribution < -0.4 is 0 Å². The number of rotatable bonds is 0. The number of carbonyl (C=O) groups is 1. The quantitative estimate of drug-likeness (QED) is 0.406. The summed E-state index contributed by atoms with van der Waals surface area (Å²) in [7, 11) is 0.